The van der Waals surface area contributed by atoms with E-state index in [1.54, 1.807) is 0 Å². The molecule has 0 amide bonds. The predicted molar refractivity (Wildman–Crippen MR) is 59.6 cm³/mol. The molecule has 0 atom stereocenters. The third-order valence-corrected chi connectivity index (χ3v) is 4.06. The maximum absolute atomic E-state index is 12.5. The van der Waals surface area contributed by atoms with E-state index in [9.17, 15) is 21.6 Å². The molecule has 1 rings (SSSR count). The molecule has 0 bridgehead atoms. The molecule has 1 aromatic rings. The minimum Gasteiger partial charge on any atom is -0.249 e. The van der Waals surface area contributed by atoms with Gasteiger partial charge in [0, 0.05) is 22.6 Å². The van der Waals surface area contributed by atoms with Crippen LogP contribution in [0.5, 0.6) is 0 Å². The van der Waals surface area contributed by atoms with Gasteiger partial charge in [-0.1, -0.05) is 0 Å². The second-order valence-electron chi connectivity index (χ2n) is 2.95. The first-order chi connectivity index (χ1) is 7.70. The molecule has 0 N–H and O–H groups in total. The summed E-state index contributed by atoms with van der Waals surface area (Å²) in [5.74, 6) is -0.487. The molecule has 0 spiro atoms. The molecule has 9 heteroatoms. The molecule has 3 nitrogen and oxygen atoms in total. The van der Waals surface area contributed by atoms with E-state index in [1.807, 2.05) is 0 Å². The molecule has 0 aliphatic rings. The highest BCUT2D eigenvalue weighted by molar-refractivity contribution is 8.14. The fourth-order valence-electron chi connectivity index (χ4n) is 0.959. The Morgan fingerprint density at radius 3 is 2.59 bits per heavy atom. The Balaban J connectivity index is 2.78. The average Bonchev–Trinajstić information content (AvgIpc) is 2.15. The summed E-state index contributed by atoms with van der Waals surface area (Å²) >= 11 is 0.706. The van der Waals surface area contributed by atoms with Crippen molar-refractivity contribution in [3.05, 3.63) is 23.9 Å². The van der Waals surface area contributed by atoms with Gasteiger partial charge >= 0.3 is 6.18 Å². The lowest BCUT2D eigenvalue weighted by molar-refractivity contribution is -0.140. The monoisotopic (exact) mass is 305 g/mol. The summed E-state index contributed by atoms with van der Waals surface area (Å²) in [6, 6.07) is 2.07. The molecular formula is C8H7ClF3NO2S2. The zero-order valence-corrected chi connectivity index (χ0v) is 10.6. The van der Waals surface area contributed by atoms with Gasteiger partial charge in [-0.25, -0.2) is 13.4 Å². The molecule has 1 heterocycles. The van der Waals surface area contributed by atoms with Gasteiger partial charge in [-0.2, -0.15) is 13.2 Å². The Kier molecular flexibility index (Phi) is 4.68. The van der Waals surface area contributed by atoms with E-state index in [0.29, 0.717) is 11.8 Å². The first-order valence-corrected chi connectivity index (χ1v) is 7.74. The van der Waals surface area contributed by atoms with Crippen molar-refractivity contribution in [3.8, 4) is 0 Å². The first kappa shape index (κ1) is 14.6. The van der Waals surface area contributed by atoms with Crippen LogP contribution < -0.4 is 0 Å². The molecule has 0 unspecified atom stereocenters. The number of rotatable bonds is 4. The standard InChI is InChI=1S/C8H7ClF3NO2S2/c9-17(14,15)5-4-16-7-6(8(10,11)12)2-1-3-13-7/h1-3H,4-5H2. The van der Waals surface area contributed by atoms with Crippen LogP contribution in [0, 0.1) is 0 Å². The van der Waals surface area contributed by atoms with E-state index >= 15 is 0 Å². The summed E-state index contributed by atoms with van der Waals surface area (Å²) in [4.78, 5) is 3.57. The summed E-state index contributed by atoms with van der Waals surface area (Å²) in [7, 11) is 1.25. The van der Waals surface area contributed by atoms with Crippen molar-refractivity contribution in [2.75, 3.05) is 11.5 Å². The first-order valence-electron chi connectivity index (χ1n) is 4.27. The van der Waals surface area contributed by atoms with Gasteiger partial charge in [-0.05, 0) is 12.1 Å². The summed E-state index contributed by atoms with van der Waals surface area (Å²) in [5.41, 5.74) is -0.878. The van der Waals surface area contributed by atoms with Crippen LogP contribution in [0.2, 0.25) is 0 Å². The summed E-state index contributed by atoms with van der Waals surface area (Å²) in [6.45, 7) is 0. The topological polar surface area (TPSA) is 47.0 Å². The molecule has 0 aliphatic carbocycles. The van der Waals surface area contributed by atoms with Gasteiger partial charge in [0.15, 0.2) is 0 Å². The van der Waals surface area contributed by atoms with Gasteiger partial charge in [0.2, 0.25) is 9.05 Å². The number of aromatic nitrogens is 1. The Morgan fingerprint density at radius 1 is 1.41 bits per heavy atom. The Labute approximate surface area is 105 Å². The van der Waals surface area contributed by atoms with Crippen LogP contribution in [0.1, 0.15) is 5.56 Å². The van der Waals surface area contributed by atoms with Crippen LogP contribution in [0.25, 0.3) is 0 Å². The second-order valence-corrected chi connectivity index (χ2v) is 6.93. The van der Waals surface area contributed by atoms with Crippen LogP contribution in [0.15, 0.2) is 23.4 Å². The summed E-state index contributed by atoms with van der Waals surface area (Å²) < 4.78 is 58.8. The molecule has 17 heavy (non-hydrogen) atoms. The lowest BCUT2D eigenvalue weighted by atomic mass is 10.3. The van der Waals surface area contributed by atoms with Crippen LogP contribution in [-0.2, 0) is 15.2 Å². The average molecular weight is 306 g/mol. The van der Waals surface area contributed by atoms with E-state index in [2.05, 4.69) is 4.98 Å². The van der Waals surface area contributed by atoms with Crippen molar-refractivity contribution < 1.29 is 21.6 Å². The second kappa shape index (κ2) is 5.45. The number of alkyl halides is 3. The van der Waals surface area contributed by atoms with Gasteiger partial charge in [-0.15, -0.1) is 11.8 Å². The molecule has 1 aromatic heterocycles. The van der Waals surface area contributed by atoms with Crippen LogP contribution in [0.4, 0.5) is 13.2 Å². The van der Waals surface area contributed by atoms with Crippen LogP contribution in [-0.4, -0.2) is 24.9 Å². The number of hydrogen-bond donors (Lipinski definition) is 0. The largest absolute Gasteiger partial charge is 0.419 e. The van der Waals surface area contributed by atoms with Crippen molar-refractivity contribution in [2.24, 2.45) is 0 Å². The van der Waals surface area contributed by atoms with Crippen molar-refractivity contribution in [1.82, 2.24) is 4.98 Å². The van der Waals surface area contributed by atoms with E-state index in [-0.39, 0.29) is 10.8 Å². The number of nitrogens with zero attached hydrogens (tertiary/aromatic N) is 1. The predicted octanol–water partition coefficient (Wildman–Crippen LogP) is 2.76. The van der Waals surface area contributed by atoms with Crippen molar-refractivity contribution in [3.63, 3.8) is 0 Å². The molecular weight excluding hydrogens is 299 g/mol. The smallest absolute Gasteiger partial charge is 0.249 e. The lowest BCUT2D eigenvalue weighted by Gasteiger charge is -2.10. The third kappa shape index (κ3) is 5.13. The number of pyridine rings is 1. The zero-order valence-electron chi connectivity index (χ0n) is 8.24. The fourth-order valence-corrected chi connectivity index (χ4v) is 3.32. The minimum atomic E-state index is -4.50. The van der Waals surface area contributed by atoms with Gasteiger partial charge in [0.25, 0.3) is 0 Å². The fraction of sp³-hybridized carbons (Fsp3) is 0.375. The van der Waals surface area contributed by atoms with Crippen LogP contribution in [0.3, 0.4) is 0 Å². The number of halogens is 4. The Bertz CT molecular complexity index is 490. The van der Waals surface area contributed by atoms with Crippen LogP contribution >= 0.6 is 22.4 Å². The highest BCUT2D eigenvalue weighted by Crippen LogP contribution is 2.35. The van der Waals surface area contributed by atoms with E-state index in [0.717, 1.165) is 6.07 Å². The summed E-state index contributed by atoms with van der Waals surface area (Å²) in [6.07, 6.45) is -3.29. The summed E-state index contributed by atoms with van der Waals surface area (Å²) in [5, 5.41) is -0.250. The highest BCUT2D eigenvalue weighted by atomic mass is 35.7. The number of hydrogen-bond acceptors (Lipinski definition) is 4. The third-order valence-electron chi connectivity index (χ3n) is 1.64. The molecule has 0 saturated heterocycles. The van der Waals surface area contributed by atoms with E-state index in [1.165, 1.54) is 12.3 Å². The lowest BCUT2D eigenvalue weighted by Crippen LogP contribution is -2.08. The van der Waals surface area contributed by atoms with Crippen molar-refractivity contribution >= 4 is 31.5 Å². The van der Waals surface area contributed by atoms with E-state index < -0.39 is 26.5 Å². The Morgan fingerprint density at radius 2 is 2.06 bits per heavy atom. The number of thioether (sulfide) groups is 1. The van der Waals surface area contributed by atoms with E-state index in [4.69, 9.17) is 10.7 Å². The quantitative estimate of drug-likeness (QED) is 0.634. The zero-order chi connectivity index (χ0) is 13.1. The molecule has 0 saturated carbocycles. The van der Waals surface area contributed by atoms with Crippen molar-refractivity contribution in [2.45, 2.75) is 11.2 Å². The molecule has 96 valence electrons. The minimum absolute atomic E-state index is 0.0775. The highest BCUT2D eigenvalue weighted by Gasteiger charge is 2.34. The molecule has 0 aromatic carbocycles. The Hall–Kier alpha value is -0.470. The van der Waals surface area contributed by atoms with Gasteiger partial charge in [0.1, 0.15) is 5.03 Å². The molecule has 0 fully saturated rings. The molecule has 0 aliphatic heterocycles. The normalized spacial score (nSPS) is 12.7. The van der Waals surface area contributed by atoms with Gasteiger partial charge in [0.05, 0.1) is 11.3 Å². The maximum Gasteiger partial charge on any atom is 0.419 e. The van der Waals surface area contributed by atoms with Gasteiger partial charge in [-0.3, -0.25) is 0 Å². The van der Waals surface area contributed by atoms with Crippen molar-refractivity contribution in [1.29, 1.82) is 0 Å². The SMILES string of the molecule is O=S(=O)(Cl)CCSc1ncccc1C(F)(F)F. The van der Waals surface area contributed by atoms with Gasteiger partial charge < -0.3 is 0 Å². The maximum atomic E-state index is 12.5. The molecule has 0 radical (unpaired) electrons.